The van der Waals surface area contributed by atoms with Crippen molar-refractivity contribution < 1.29 is 4.79 Å². The van der Waals surface area contributed by atoms with Crippen molar-refractivity contribution in [3.63, 3.8) is 0 Å². The SMILES string of the molecule is C=C1CCc2c1cc1c(c2N)CCC1.CC(C)c1csc(SN)c1.NC=O. The Morgan fingerprint density at radius 2 is 1.89 bits per heavy atom. The standard InChI is InChI=1S/C13H15N.C7H11NS2.CH3NO/c1-8-5-6-11-12(8)7-9-3-2-4-10(9)13(11)14;1-5(2)6-3-7(10-8)9-4-6;2-1-3/h7H,1-6,14H2;3-5H,8H2,1-2H3;1H,(H2,2,3). The Morgan fingerprint density at radius 1 is 1.19 bits per heavy atom. The van der Waals surface area contributed by atoms with E-state index in [1.165, 1.54) is 68.8 Å². The Kier molecular flexibility index (Phi) is 7.95. The van der Waals surface area contributed by atoms with E-state index in [-0.39, 0.29) is 6.41 Å². The van der Waals surface area contributed by atoms with Gasteiger partial charge in [0.15, 0.2) is 0 Å². The van der Waals surface area contributed by atoms with Crippen LogP contribution in [0, 0.1) is 0 Å². The van der Waals surface area contributed by atoms with Crippen LogP contribution in [0.1, 0.15) is 60.4 Å². The summed E-state index contributed by atoms with van der Waals surface area (Å²) >= 11 is 3.04. The van der Waals surface area contributed by atoms with Gasteiger partial charge < -0.3 is 11.5 Å². The molecule has 4 rings (SSSR count). The zero-order valence-electron chi connectivity index (χ0n) is 16.1. The lowest BCUT2D eigenvalue weighted by Gasteiger charge is -2.10. The van der Waals surface area contributed by atoms with Crippen LogP contribution in [0.15, 0.2) is 28.3 Å². The summed E-state index contributed by atoms with van der Waals surface area (Å²) in [6.07, 6.45) is 6.12. The van der Waals surface area contributed by atoms with Gasteiger partial charge in [-0.2, -0.15) is 0 Å². The first-order valence-electron chi connectivity index (χ1n) is 9.14. The summed E-state index contributed by atoms with van der Waals surface area (Å²) in [4.78, 5) is 8.58. The predicted molar refractivity (Wildman–Crippen MR) is 119 cm³/mol. The van der Waals surface area contributed by atoms with Crippen LogP contribution in [0.25, 0.3) is 5.57 Å². The predicted octanol–water partition coefficient (Wildman–Crippen LogP) is 4.66. The number of nitrogens with two attached hydrogens (primary N) is 3. The number of rotatable bonds is 2. The van der Waals surface area contributed by atoms with Gasteiger partial charge in [-0.1, -0.05) is 26.5 Å². The molecule has 27 heavy (non-hydrogen) atoms. The van der Waals surface area contributed by atoms with E-state index in [1.54, 1.807) is 11.3 Å². The van der Waals surface area contributed by atoms with Gasteiger partial charge in [0.2, 0.25) is 6.41 Å². The van der Waals surface area contributed by atoms with Crippen LogP contribution in [-0.2, 0) is 24.1 Å². The highest BCUT2D eigenvalue weighted by Crippen LogP contribution is 2.40. The monoisotopic (exact) mass is 403 g/mol. The van der Waals surface area contributed by atoms with E-state index in [4.69, 9.17) is 15.7 Å². The first kappa shape index (κ1) is 21.5. The number of nitrogen functional groups attached to an aromatic ring is 1. The number of amides is 1. The van der Waals surface area contributed by atoms with E-state index >= 15 is 0 Å². The van der Waals surface area contributed by atoms with E-state index in [2.05, 4.69) is 43.7 Å². The minimum Gasteiger partial charge on any atom is -0.398 e. The van der Waals surface area contributed by atoms with Gasteiger partial charge in [0, 0.05) is 5.69 Å². The number of hydrogen-bond donors (Lipinski definition) is 3. The fourth-order valence-electron chi connectivity index (χ4n) is 3.51. The minimum atomic E-state index is 0.250. The molecule has 0 aliphatic heterocycles. The first-order valence-corrected chi connectivity index (χ1v) is 10.9. The molecule has 0 saturated carbocycles. The molecule has 0 spiro atoms. The van der Waals surface area contributed by atoms with Crippen molar-refractivity contribution in [2.24, 2.45) is 10.9 Å². The third-order valence-electron chi connectivity index (χ3n) is 4.99. The number of hydrogen-bond acceptors (Lipinski definition) is 5. The van der Waals surface area contributed by atoms with E-state index in [1.807, 2.05) is 0 Å². The molecule has 0 atom stereocenters. The van der Waals surface area contributed by atoms with Crippen molar-refractivity contribution >= 4 is 41.0 Å². The fraction of sp³-hybridized carbons (Fsp3) is 0.381. The van der Waals surface area contributed by atoms with Crippen LogP contribution in [0.2, 0.25) is 0 Å². The van der Waals surface area contributed by atoms with Gasteiger partial charge in [-0.3, -0.25) is 9.93 Å². The molecule has 4 nitrogen and oxygen atoms in total. The molecule has 6 heteroatoms. The number of allylic oxidation sites excluding steroid dienone is 1. The summed E-state index contributed by atoms with van der Waals surface area (Å²) in [5, 5.41) is 7.56. The number of benzene rings is 1. The van der Waals surface area contributed by atoms with Crippen LogP contribution in [0.5, 0.6) is 0 Å². The normalized spacial score (nSPS) is 14.0. The maximum atomic E-state index is 8.58. The van der Waals surface area contributed by atoms with Crippen molar-refractivity contribution in [3.05, 3.63) is 51.9 Å². The smallest absolute Gasteiger partial charge is 0.204 e. The Hall–Kier alpha value is -1.76. The van der Waals surface area contributed by atoms with Crippen LogP contribution in [0.3, 0.4) is 0 Å². The molecule has 1 heterocycles. The van der Waals surface area contributed by atoms with Gasteiger partial charge in [0.25, 0.3) is 0 Å². The quantitative estimate of drug-likeness (QED) is 0.386. The van der Waals surface area contributed by atoms with Gasteiger partial charge >= 0.3 is 0 Å². The molecule has 2 aromatic rings. The minimum absolute atomic E-state index is 0.250. The molecule has 0 saturated heterocycles. The number of carbonyl (C=O) groups is 1. The second-order valence-corrected chi connectivity index (χ2v) is 8.86. The summed E-state index contributed by atoms with van der Waals surface area (Å²) in [7, 11) is 0. The van der Waals surface area contributed by atoms with E-state index in [9.17, 15) is 0 Å². The van der Waals surface area contributed by atoms with Crippen molar-refractivity contribution in [2.75, 3.05) is 5.73 Å². The lowest BCUT2D eigenvalue weighted by Crippen LogP contribution is -1.99. The summed E-state index contributed by atoms with van der Waals surface area (Å²) in [6, 6.07) is 4.49. The fourth-order valence-corrected chi connectivity index (χ4v) is 4.88. The lowest BCUT2D eigenvalue weighted by molar-refractivity contribution is -0.106. The van der Waals surface area contributed by atoms with Gasteiger partial charge in [-0.25, -0.2) is 0 Å². The molecular weight excluding hydrogens is 374 g/mol. The number of primary amides is 1. The molecule has 0 bridgehead atoms. The Morgan fingerprint density at radius 3 is 2.44 bits per heavy atom. The second kappa shape index (κ2) is 9.97. The average molecular weight is 404 g/mol. The van der Waals surface area contributed by atoms with Crippen molar-refractivity contribution in [2.45, 2.75) is 56.1 Å². The summed E-state index contributed by atoms with van der Waals surface area (Å²) < 4.78 is 1.20. The first-order chi connectivity index (χ1) is 12.9. The van der Waals surface area contributed by atoms with E-state index in [0.29, 0.717) is 5.92 Å². The van der Waals surface area contributed by atoms with Crippen molar-refractivity contribution in [1.29, 1.82) is 0 Å². The van der Waals surface area contributed by atoms with Crippen molar-refractivity contribution in [3.8, 4) is 0 Å². The van der Waals surface area contributed by atoms with Crippen LogP contribution >= 0.6 is 23.3 Å². The molecule has 2 aliphatic carbocycles. The summed E-state index contributed by atoms with van der Waals surface area (Å²) in [6.45, 7) is 8.48. The Balaban J connectivity index is 0.000000178. The van der Waals surface area contributed by atoms with Gasteiger partial charge in [0.1, 0.15) is 0 Å². The summed E-state index contributed by atoms with van der Waals surface area (Å²) in [5.74, 6) is 0.622. The molecule has 146 valence electrons. The second-order valence-electron chi connectivity index (χ2n) is 7.02. The van der Waals surface area contributed by atoms with E-state index in [0.717, 1.165) is 18.5 Å². The number of fused-ring (bicyclic) bond motifs is 2. The Bertz CT molecular complexity index is 812. The molecule has 1 aromatic carbocycles. The third kappa shape index (κ3) is 5.15. The maximum absolute atomic E-state index is 8.58. The van der Waals surface area contributed by atoms with Crippen LogP contribution in [-0.4, -0.2) is 6.41 Å². The van der Waals surface area contributed by atoms with Gasteiger partial charge in [0.05, 0.1) is 4.21 Å². The highest BCUT2D eigenvalue weighted by Gasteiger charge is 2.23. The molecule has 0 radical (unpaired) electrons. The zero-order valence-corrected chi connectivity index (χ0v) is 17.7. The molecule has 6 N–H and O–H groups in total. The number of carbonyl (C=O) groups excluding carboxylic acids is 1. The number of aryl methyl sites for hydroxylation is 1. The molecule has 2 aliphatic rings. The maximum Gasteiger partial charge on any atom is 0.204 e. The molecule has 1 aromatic heterocycles. The van der Waals surface area contributed by atoms with Gasteiger partial charge in [-0.05, 0) is 94.8 Å². The van der Waals surface area contributed by atoms with E-state index < -0.39 is 0 Å². The number of thiophene rings is 1. The third-order valence-corrected chi connectivity index (χ3v) is 6.66. The number of anilines is 1. The van der Waals surface area contributed by atoms with Gasteiger partial charge in [-0.15, -0.1) is 11.3 Å². The Labute approximate surface area is 170 Å². The molecule has 1 amide bonds. The van der Waals surface area contributed by atoms with Crippen LogP contribution < -0.4 is 16.6 Å². The molecule has 0 fully saturated rings. The summed E-state index contributed by atoms with van der Waals surface area (Å²) in [5.41, 5.74) is 19.7. The average Bonchev–Trinajstić information content (AvgIpc) is 3.37. The lowest BCUT2D eigenvalue weighted by atomic mass is 9.98. The molecular formula is C21H29N3OS2. The van der Waals surface area contributed by atoms with Crippen LogP contribution in [0.4, 0.5) is 5.69 Å². The largest absolute Gasteiger partial charge is 0.398 e. The van der Waals surface area contributed by atoms with Crippen molar-refractivity contribution in [1.82, 2.24) is 0 Å². The highest BCUT2D eigenvalue weighted by atomic mass is 32.2. The molecule has 0 unspecified atom stereocenters. The zero-order chi connectivity index (χ0) is 20.0. The highest BCUT2D eigenvalue weighted by molar-refractivity contribution is 7.99. The topological polar surface area (TPSA) is 95.1 Å².